The molecule has 1 rings (SSSR count). The standard InChI is InChI=1S/C8H13N3OS/c1-5(2)9-8(12)11-7-4-13-6(3)10-7/h4-5H,1-3H3,(H2,9,11,12). The fourth-order valence-corrected chi connectivity index (χ4v) is 1.38. The topological polar surface area (TPSA) is 54.0 Å². The van der Waals surface area contributed by atoms with E-state index in [0.717, 1.165) is 5.01 Å². The minimum Gasteiger partial charge on any atom is -0.336 e. The van der Waals surface area contributed by atoms with Crippen LogP contribution < -0.4 is 10.6 Å². The van der Waals surface area contributed by atoms with Gasteiger partial charge in [-0.25, -0.2) is 9.78 Å². The first-order valence-corrected chi connectivity index (χ1v) is 4.95. The first-order chi connectivity index (χ1) is 6.08. The van der Waals surface area contributed by atoms with Crippen LogP contribution in [0.4, 0.5) is 10.6 Å². The van der Waals surface area contributed by atoms with Crippen molar-refractivity contribution in [1.82, 2.24) is 10.3 Å². The molecule has 0 bridgehead atoms. The largest absolute Gasteiger partial charge is 0.336 e. The van der Waals surface area contributed by atoms with Gasteiger partial charge in [-0.05, 0) is 20.8 Å². The number of carbonyl (C=O) groups excluding carboxylic acids is 1. The Hall–Kier alpha value is -1.10. The molecule has 5 heteroatoms. The van der Waals surface area contributed by atoms with Crippen LogP contribution in [0.1, 0.15) is 18.9 Å². The van der Waals surface area contributed by atoms with E-state index in [-0.39, 0.29) is 12.1 Å². The molecule has 0 aliphatic rings. The Kier molecular flexibility index (Phi) is 3.25. The molecule has 1 heterocycles. The molecule has 0 atom stereocenters. The van der Waals surface area contributed by atoms with E-state index in [1.807, 2.05) is 26.2 Å². The number of aryl methyl sites for hydroxylation is 1. The highest BCUT2D eigenvalue weighted by molar-refractivity contribution is 7.09. The van der Waals surface area contributed by atoms with Crippen molar-refractivity contribution < 1.29 is 4.79 Å². The van der Waals surface area contributed by atoms with Gasteiger partial charge in [0.1, 0.15) is 5.82 Å². The van der Waals surface area contributed by atoms with Gasteiger partial charge in [-0.1, -0.05) is 0 Å². The highest BCUT2D eigenvalue weighted by Crippen LogP contribution is 2.11. The van der Waals surface area contributed by atoms with Crippen molar-refractivity contribution in [2.75, 3.05) is 5.32 Å². The molecule has 2 N–H and O–H groups in total. The molecule has 1 aromatic heterocycles. The summed E-state index contributed by atoms with van der Waals surface area (Å²) in [6, 6.07) is -0.0694. The van der Waals surface area contributed by atoms with Crippen LogP contribution in [-0.2, 0) is 0 Å². The van der Waals surface area contributed by atoms with Gasteiger partial charge in [-0.3, -0.25) is 5.32 Å². The molecule has 0 saturated heterocycles. The third-order valence-corrected chi connectivity index (χ3v) is 2.05. The molecule has 13 heavy (non-hydrogen) atoms. The van der Waals surface area contributed by atoms with Gasteiger partial charge in [0.05, 0.1) is 5.01 Å². The number of anilines is 1. The zero-order chi connectivity index (χ0) is 9.84. The minimum absolute atomic E-state index is 0.139. The molecule has 2 amide bonds. The van der Waals surface area contributed by atoms with Gasteiger partial charge in [0, 0.05) is 11.4 Å². The summed E-state index contributed by atoms with van der Waals surface area (Å²) in [7, 11) is 0. The van der Waals surface area contributed by atoms with Crippen LogP contribution in [0.15, 0.2) is 5.38 Å². The fraction of sp³-hybridized carbons (Fsp3) is 0.500. The molecule has 0 fully saturated rings. The predicted molar refractivity (Wildman–Crippen MR) is 54.1 cm³/mol. The molecule has 0 unspecified atom stereocenters. The number of hydrogen-bond donors (Lipinski definition) is 2. The lowest BCUT2D eigenvalue weighted by Crippen LogP contribution is -2.34. The molecule has 0 saturated carbocycles. The number of thiazole rings is 1. The number of amides is 2. The van der Waals surface area contributed by atoms with E-state index in [2.05, 4.69) is 15.6 Å². The van der Waals surface area contributed by atoms with E-state index in [0.29, 0.717) is 5.82 Å². The van der Waals surface area contributed by atoms with Crippen LogP contribution in [0.2, 0.25) is 0 Å². The number of aromatic nitrogens is 1. The van der Waals surface area contributed by atoms with Gasteiger partial charge in [-0.2, -0.15) is 0 Å². The molecule has 1 aromatic rings. The van der Waals surface area contributed by atoms with E-state index in [4.69, 9.17) is 0 Å². The van der Waals surface area contributed by atoms with Crippen molar-refractivity contribution in [2.45, 2.75) is 26.8 Å². The summed E-state index contributed by atoms with van der Waals surface area (Å²) in [6.07, 6.45) is 0. The summed E-state index contributed by atoms with van der Waals surface area (Å²) in [4.78, 5) is 15.3. The van der Waals surface area contributed by atoms with Gasteiger partial charge in [0.2, 0.25) is 0 Å². The van der Waals surface area contributed by atoms with Gasteiger partial charge in [0.25, 0.3) is 0 Å². The average molecular weight is 199 g/mol. The first kappa shape index (κ1) is 9.98. The molecular formula is C8H13N3OS. The van der Waals surface area contributed by atoms with Crippen LogP contribution >= 0.6 is 11.3 Å². The zero-order valence-electron chi connectivity index (χ0n) is 7.92. The number of carbonyl (C=O) groups is 1. The Morgan fingerprint density at radius 2 is 2.31 bits per heavy atom. The summed E-state index contributed by atoms with van der Waals surface area (Å²) in [5, 5.41) is 8.12. The Morgan fingerprint density at radius 1 is 1.62 bits per heavy atom. The monoisotopic (exact) mass is 199 g/mol. The van der Waals surface area contributed by atoms with Crippen molar-refractivity contribution in [3.8, 4) is 0 Å². The Labute approximate surface area is 81.4 Å². The molecule has 0 spiro atoms. The van der Waals surface area contributed by atoms with Crippen molar-refractivity contribution in [3.05, 3.63) is 10.4 Å². The highest BCUT2D eigenvalue weighted by Gasteiger charge is 2.04. The number of nitrogens with zero attached hydrogens (tertiary/aromatic N) is 1. The highest BCUT2D eigenvalue weighted by atomic mass is 32.1. The Morgan fingerprint density at radius 3 is 2.77 bits per heavy atom. The fourth-order valence-electron chi connectivity index (χ4n) is 0.835. The summed E-state index contributed by atoms with van der Waals surface area (Å²) in [5.74, 6) is 0.612. The summed E-state index contributed by atoms with van der Waals surface area (Å²) >= 11 is 1.51. The Balaban J connectivity index is 2.45. The summed E-state index contributed by atoms with van der Waals surface area (Å²) in [6.45, 7) is 5.72. The smallest absolute Gasteiger partial charge is 0.320 e. The van der Waals surface area contributed by atoms with Crippen LogP contribution in [0.3, 0.4) is 0 Å². The molecule has 0 aliphatic heterocycles. The Bertz CT molecular complexity index is 295. The second-order valence-electron chi connectivity index (χ2n) is 3.00. The lowest BCUT2D eigenvalue weighted by atomic mass is 10.4. The molecular weight excluding hydrogens is 186 g/mol. The molecule has 0 aromatic carbocycles. The summed E-state index contributed by atoms with van der Waals surface area (Å²) in [5.41, 5.74) is 0. The third kappa shape index (κ3) is 3.42. The van der Waals surface area contributed by atoms with Crippen molar-refractivity contribution in [3.63, 3.8) is 0 Å². The average Bonchev–Trinajstić information content (AvgIpc) is 2.33. The van der Waals surface area contributed by atoms with E-state index in [1.54, 1.807) is 0 Å². The quantitative estimate of drug-likeness (QED) is 0.765. The maximum Gasteiger partial charge on any atom is 0.320 e. The van der Waals surface area contributed by atoms with Gasteiger partial charge in [-0.15, -0.1) is 11.3 Å². The van der Waals surface area contributed by atoms with Crippen LogP contribution in [0, 0.1) is 6.92 Å². The van der Waals surface area contributed by atoms with Crippen LogP contribution in [0.5, 0.6) is 0 Å². The van der Waals surface area contributed by atoms with Gasteiger partial charge >= 0.3 is 6.03 Å². The minimum atomic E-state index is -0.208. The number of urea groups is 1. The lowest BCUT2D eigenvalue weighted by Gasteiger charge is -2.07. The third-order valence-electron chi connectivity index (χ3n) is 1.28. The SMILES string of the molecule is Cc1nc(NC(=O)NC(C)C)cs1. The second kappa shape index (κ2) is 4.23. The van der Waals surface area contributed by atoms with Crippen molar-refractivity contribution >= 4 is 23.2 Å². The number of rotatable bonds is 2. The van der Waals surface area contributed by atoms with E-state index in [1.165, 1.54) is 11.3 Å². The predicted octanol–water partition coefficient (Wildman–Crippen LogP) is 1.98. The number of nitrogens with one attached hydrogen (secondary N) is 2. The van der Waals surface area contributed by atoms with Crippen molar-refractivity contribution in [2.24, 2.45) is 0 Å². The van der Waals surface area contributed by atoms with E-state index >= 15 is 0 Å². The van der Waals surface area contributed by atoms with E-state index in [9.17, 15) is 4.79 Å². The van der Waals surface area contributed by atoms with E-state index < -0.39 is 0 Å². The van der Waals surface area contributed by atoms with Gasteiger partial charge in [0.15, 0.2) is 0 Å². The molecule has 0 aliphatic carbocycles. The van der Waals surface area contributed by atoms with Crippen LogP contribution in [-0.4, -0.2) is 17.1 Å². The normalized spacial score (nSPS) is 10.2. The molecule has 0 radical (unpaired) electrons. The molecule has 72 valence electrons. The maximum atomic E-state index is 11.2. The van der Waals surface area contributed by atoms with Gasteiger partial charge < -0.3 is 5.32 Å². The first-order valence-electron chi connectivity index (χ1n) is 4.07. The lowest BCUT2D eigenvalue weighted by molar-refractivity contribution is 0.250. The van der Waals surface area contributed by atoms with Crippen LogP contribution in [0.25, 0.3) is 0 Å². The maximum absolute atomic E-state index is 11.2. The van der Waals surface area contributed by atoms with Crippen molar-refractivity contribution in [1.29, 1.82) is 0 Å². The second-order valence-corrected chi connectivity index (χ2v) is 4.07. The number of hydrogen-bond acceptors (Lipinski definition) is 3. The summed E-state index contributed by atoms with van der Waals surface area (Å²) < 4.78 is 0. The molecule has 4 nitrogen and oxygen atoms in total. The zero-order valence-corrected chi connectivity index (χ0v) is 8.73.